The van der Waals surface area contributed by atoms with Crippen LogP contribution in [0.4, 0.5) is 14.4 Å². The average Bonchev–Trinajstić information content (AvgIpc) is 1.63. The maximum atomic E-state index is 12.5. The van der Waals surface area contributed by atoms with Gasteiger partial charge in [-0.2, -0.15) is 18.9 Å². The summed E-state index contributed by atoms with van der Waals surface area (Å²) in [6.45, 7) is 1.12. The van der Waals surface area contributed by atoms with Crippen LogP contribution in [0.15, 0.2) is 253 Å². The number of alkyl carbamates (subject to hydrolysis) is 3. The number of benzene rings is 10. The summed E-state index contributed by atoms with van der Waals surface area (Å²) in [6.07, 6.45) is 2.26. The summed E-state index contributed by atoms with van der Waals surface area (Å²) >= 11 is 0. The van der Waals surface area contributed by atoms with Crippen molar-refractivity contribution in [1.29, 1.82) is 10.5 Å². The van der Waals surface area contributed by atoms with Crippen LogP contribution in [0.3, 0.4) is 0 Å². The molecule has 0 aromatic heterocycles. The number of nitriles is 2. The summed E-state index contributed by atoms with van der Waals surface area (Å²) in [5.41, 5.74) is 38.3. The van der Waals surface area contributed by atoms with Gasteiger partial charge in [0.1, 0.15) is 44.0 Å². The molecule has 0 saturated heterocycles. The molecule has 4 aliphatic rings. The minimum absolute atomic E-state index is 0.0506. The number of carbonyl (C=O) groups is 7. The molecule has 10 aromatic rings. The van der Waals surface area contributed by atoms with Gasteiger partial charge in [0.2, 0.25) is 6.21 Å². The molecule has 11 N–H and O–H groups in total. The number of ether oxygens (including phenoxy) is 3. The Balaban J connectivity index is 0.000000164. The molecule has 10 aromatic carbocycles. The lowest BCUT2D eigenvalue weighted by atomic mass is 9.98. The standard InChI is InChI=1S/C25H22N4O4.C25H24N2O4.C25H20N2O4.C10H10N2O2.C4H7N2O2S/c26-29-27-14-17-7-5-6-16(12-17)13-23(24(30)31)28-25(32)33-15-22-20-10-3-1-8-18(20)19-9-2-4-11-21(19)22;2*26-14-17-7-5-6-16(12-17)13-23(24(28)29)27-25(30)31-15-22-20-10-3-1-8-18(20)19-9-2-4-11-21(19)22;11-6-8-3-1-2-7(4-8)5-9(12)10(13)14;1-9(7,8)6-3-2-5-4-6/h1-12,22-23H,13-15H2,(H,28,32)(H,30,31);1-12,22-23H,13-15,26H2,(H,27,30)(H,28,29);1-12,22-23H,13,15H2,(H,27,30)(H,28,29);1-4,9H,5,12H2,(H,13,14);2-3H,4H2,1H3/q;;;;+1/t3*23-;9-;/m0000./s1. The van der Waals surface area contributed by atoms with Crippen molar-refractivity contribution in [3.63, 3.8) is 0 Å². The first-order chi connectivity index (χ1) is 56.9. The number of aliphatic imine (C=N–C) groups is 1. The Morgan fingerprint density at radius 3 is 1.07 bits per heavy atom. The number of carboxylic acids is 4. The van der Waals surface area contributed by atoms with E-state index in [0.717, 1.165) is 95.3 Å². The SMILES string of the molecule is CS(=O)(=O)[N+]1=CC=NC1.N#Cc1cccc(C[C@H](N)C(=O)O)c1.N#Cc1cccc(C[C@H](NC(=O)OCC2c3ccccc3-c3ccccc32)C(=O)O)c1.NCc1cccc(C[C@H](NC(=O)OCC2c3ccccc3-c3ccccc32)C(=O)O)c1.[N-]=[N+]=NCc1cccc(C[C@H](NC(=O)OCC2c3ccccc3-c3ccccc32)C(=O)O)c1. The van der Waals surface area contributed by atoms with Gasteiger partial charge in [-0.1, -0.05) is 224 Å². The fraction of sp³-hybridized carbons (Fsp3) is 0.202. The Morgan fingerprint density at radius 2 is 0.780 bits per heavy atom. The number of azide groups is 1. The summed E-state index contributed by atoms with van der Waals surface area (Å²) in [5.74, 6) is -4.78. The molecule has 3 aliphatic carbocycles. The van der Waals surface area contributed by atoms with Crippen molar-refractivity contribution in [2.45, 2.75) is 80.7 Å². The van der Waals surface area contributed by atoms with E-state index in [-0.39, 0.29) is 76.5 Å². The number of sulfonamides is 1. The monoisotopic (exact) mass is 1610 g/mol. The molecule has 0 saturated carbocycles. The van der Waals surface area contributed by atoms with Gasteiger partial charge in [0, 0.05) is 48.5 Å². The molecule has 0 bridgehead atoms. The van der Waals surface area contributed by atoms with Gasteiger partial charge in [-0.25, -0.2) is 33.8 Å². The zero-order chi connectivity index (χ0) is 84.3. The van der Waals surface area contributed by atoms with E-state index in [4.69, 9.17) is 46.8 Å². The van der Waals surface area contributed by atoms with Crippen LogP contribution < -0.4 is 27.4 Å². The molecule has 0 radical (unpaired) electrons. The molecule has 4 atom stereocenters. The third-order valence-electron chi connectivity index (χ3n) is 19.5. The van der Waals surface area contributed by atoms with Gasteiger partial charge in [-0.3, -0.25) is 4.79 Å². The van der Waals surface area contributed by atoms with Crippen LogP contribution in [0.1, 0.15) is 95.6 Å². The zero-order valence-corrected chi connectivity index (χ0v) is 64.6. The van der Waals surface area contributed by atoms with E-state index in [9.17, 15) is 57.3 Å². The number of rotatable bonds is 25. The number of fused-ring (bicyclic) bond motifs is 9. The Hall–Kier alpha value is -14.6. The Morgan fingerprint density at radius 1 is 0.475 bits per heavy atom. The first-order valence-corrected chi connectivity index (χ1v) is 38.9. The van der Waals surface area contributed by atoms with Gasteiger partial charge >= 0.3 is 52.2 Å². The van der Waals surface area contributed by atoms with Crippen molar-refractivity contribution in [2.75, 3.05) is 32.7 Å². The predicted octanol–water partition coefficient (Wildman–Crippen LogP) is 12.4. The van der Waals surface area contributed by atoms with Gasteiger partial charge in [-0.15, -0.1) is 3.98 Å². The van der Waals surface area contributed by atoms with Crippen molar-refractivity contribution in [3.8, 4) is 45.5 Å². The number of aliphatic carboxylic acids is 4. The minimum Gasteiger partial charge on any atom is -0.480 e. The highest BCUT2D eigenvalue weighted by Crippen LogP contribution is 2.47. The van der Waals surface area contributed by atoms with Crippen molar-refractivity contribution >= 4 is 64.6 Å². The summed E-state index contributed by atoms with van der Waals surface area (Å²) in [4.78, 5) is 89.3. The van der Waals surface area contributed by atoms with E-state index in [1.807, 2.05) is 170 Å². The maximum absolute atomic E-state index is 12.5. The maximum Gasteiger partial charge on any atom is 0.407 e. The third kappa shape index (κ3) is 23.3. The summed E-state index contributed by atoms with van der Waals surface area (Å²) in [6, 6.07) is 75.6. The minimum atomic E-state index is -3.05. The highest BCUT2D eigenvalue weighted by molar-refractivity contribution is 7.84. The van der Waals surface area contributed by atoms with Gasteiger partial charge in [0.05, 0.1) is 42.3 Å². The van der Waals surface area contributed by atoms with Gasteiger partial charge in [0.25, 0.3) is 6.67 Å². The molecule has 1 aliphatic heterocycles. The molecule has 118 heavy (non-hydrogen) atoms. The molecule has 600 valence electrons. The van der Waals surface area contributed by atoms with E-state index >= 15 is 0 Å². The predicted molar refractivity (Wildman–Crippen MR) is 440 cm³/mol. The molecule has 0 unspecified atom stereocenters. The smallest absolute Gasteiger partial charge is 0.407 e. The summed E-state index contributed by atoms with van der Waals surface area (Å²) in [5, 5.41) is 65.7. The quantitative estimate of drug-likeness (QED) is 0.00843. The van der Waals surface area contributed by atoms with Crippen molar-refractivity contribution < 1.29 is 80.6 Å². The van der Waals surface area contributed by atoms with E-state index in [0.29, 0.717) is 28.8 Å². The number of amides is 3. The number of carboxylic acid groups (broad SMARTS) is 4. The van der Waals surface area contributed by atoms with Crippen LogP contribution in [0.5, 0.6) is 0 Å². The molecule has 28 nitrogen and oxygen atoms in total. The number of nitrogens with one attached hydrogen (secondary N) is 3. The number of hydrogen-bond donors (Lipinski definition) is 9. The second-order valence-corrected chi connectivity index (χ2v) is 29.4. The Labute approximate surface area is 679 Å². The molecular weight excluding hydrogens is 1530 g/mol. The summed E-state index contributed by atoms with van der Waals surface area (Å²) < 4.78 is 38.8. The van der Waals surface area contributed by atoms with E-state index in [2.05, 4.69) is 43.1 Å². The van der Waals surface area contributed by atoms with E-state index in [1.165, 1.54) is 16.4 Å². The highest BCUT2D eigenvalue weighted by atomic mass is 32.2. The number of hydrogen-bond acceptors (Lipinski definition) is 18. The molecule has 29 heteroatoms. The molecule has 14 rings (SSSR count). The Bertz CT molecular complexity index is 5550. The third-order valence-corrected chi connectivity index (χ3v) is 20.6. The molecule has 0 fully saturated rings. The van der Waals surface area contributed by atoms with Gasteiger partial charge in [0.15, 0.2) is 0 Å². The van der Waals surface area contributed by atoms with Crippen LogP contribution in [-0.2, 0) is 82.2 Å². The topological polar surface area (TPSA) is 462 Å². The Kier molecular flexibility index (Phi) is 30.1. The second-order valence-electron chi connectivity index (χ2n) is 27.5. The lowest BCUT2D eigenvalue weighted by molar-refractivity contribution is -0.351. The highest BCUT2D eigenvalue weighted by Gasteiger charge is 2.34. The summed E-state index contributed by atoms with van der Waals surface area (Å²) in [7, 11) is -3.05. The van der Waals surface area contributed by atoms with Crippen molar-refractivity contribution in [3.05, 3.63) is 331 Å². The van der Waals surface area contributed by atoms with Crippen LogP contribution >= 0.6 is 0 Å². The molecule has 0 spiro atoms. The second kappa shape index (κ2) is 41.4. The van der Waals surface area contributed by atoms with Gasteiger partial charge in [-0.05, 0) is 136 Å². The van der Waals surface area contributed by atoms with Crippen LogP contribution in [0, 0.1) is 22.7 Å². The van der Waals surface area contributed by atoms with Crippen molar-refractivity contribution in [1.82, 2.24) is 16.0 Å². The van der Waals surface area contributed by atoms with Crippen LogP contribution in [-0.4, -0.2) is 144 Å². The van der Waals surface area contributed by atoms with Crippen LogP contribution in [0.2, 0.25) is 0 Å². The van der Waals surface area contributed by atoms with E-state index in [1.54, 1.807) is 72.8 Å². The number of nitrogens with two attached hydrogens (primary N) is 2. The van der Waals surface area contributed by atoms with E-state index < -0.39 is 76.3 Å². The normalized spacial score (nSPS) is 13.2. The largest absolute Gasteiger partial charge is 0.480 e. The van der Waals surface area contributed by atoms with Gasteiger partial charge < -0.3 is 62.1 Å². The lowest BCUT2D eigenvalue weighted by Crippen LogP contribution is -2.42. The van der Waals surface area contributed by atoms with Crippen LogP contribution in [0.25, 0.3) is 43.8 Å². The van der Waals surface area contributed by atoms with Crippen molar-refractivity contribution in [2.24, 2.45) is 21.6 Å². The fourth-order valence-corrected chi connectivity index (χ4v) is 14.4. The first-order valence-electron chi connectivity index (χ1n) is 37.1. The molecular formula is C89H83N12O16S+. The molecule has 1 heterocycles. The average molecular weight is 1610 g/mol. The molecule has 3 amide bonds. The number of carbonyl (C=O) groups excluding carboxylic acids is 3. The first kappa shape index (κ1) is 85.8. The fourth-order valence-electron chi connectivity index (χ4n) is 13.9. The number of nitrogens with zero attached hydrogens (tertiary/aromatic N) is 7. The zero-order valence-electron chi connectivity index (χ0n) is 63.7. The lowest BCUT2D eigenvalue weighted by Gasteiger charge is -2.18.